The highest BCUT2D eigenvalue weighted by Crippen LogP contribution is 2.36. The fourth-order valence-electron chi connectivity index (χ4n) is 5.19. The van der Waals surface area contributed by atoms with Crippen molar-refractivity contribution in [2.75, 3.05) is 22.9 Å². The molecule has 2 aromatic heterocycles. The number of urea groups is 1. The number of hydrogen-bond donors (Lipinski definition) is 0. The van der Waals surface area contributed by atoms with Crippen molar-refractivity contribution in [3.05, 3.63) is 70.9 Å². The lowest BCUT2D eigenvalue weighted by atomic mass is 10.00. The minimum Gasteiger partial charge on any atom is -0.367 e. The van der Waals surface area contributed by atoms with Crippen LogP contribution in [0.1, 0.15) is 35.1 Å². The highest BCUT2D eigenvalue weighted by molar-refractivity contribution is 5.94. The van der Waals surface area contributed by atoms with Gasteiger partial charge in [-0.25, -0.2) is 9.78 Å². The Balaban J connectivity index is 1.39. The Kier molecular flexibility index (Phi) is 6.09. The number of carbonyl (C=O) groups excluding carboxylic acids is 1. The van der Waals surface area contributed by atoms with Crippen molar-refractivity contribution in [2.24, 2.45) is 7.05 Å². The largest absolute Gasteiger partial charge is 0.416 e. The first-order chi connectivity index (χ1) is 17.1. The summed E-state index contributed by atoms with van der Waals surface area (Å²) in [5, 5.41) is 4.38. The molecule has 1 fully saturated rings. The second kappa shape index (κ2) is 9.11. The van der Waals surface area contributed by atoms with Gasteiger partial charge in [0.25, 0.3) is 0 Å². The molecule has 190 valence electrons. The van der Waals surface area contributed by atoms with Gasteiger partial charge in [-0.05, 0) is 43.0 Å². The molecular formula is C25H26F4N6O. The van der Waals surface area contributed by atoms with E-state index in [1.807, 2.05) is 11.8 Å². The van der Waals surface area contributed by atoms with E-state index in [0.29, 0.717) is 44.0 Å². The topological polar surface area (TPSA) is 57.5 Å². The predicted octanol–water partition coefficient (Wildman–Crippen LogP) is 4.89. The van der Waals surface area contributed by atoms with Crippen molar-refractivity contribution >= 4 is 17.5 Å². The normalized spacial score (nSPS) is 17.1. The minimum atomic E-state index is -4.53. The molecule has 1 aromatic carbocycles. The van der Waals surface area contributed by atoms with E-state index in [1.54, 1.807) is 28.9 Å². The summed E-state index contributed by atoms with van der Waals surface area (Å²) >= 11 is 0. The third kappa shape index (κ3) is 4.38. The molecule has 2 aliphatic heterocycles. The van der Waals surface area contributed by atoms with Crippen molar-refractivity contribution in [3.8, 4) is 0 Å². The van der Waals surface area contributed by atoms with Crippen LogP contribution >= 0.6 is 0 Å². The maximum atomic E-state index is 14.4. The zero-order valence-corrected chi connectivity index (χ0v) is 20.0. The number of nitrogens with zero attached hydrogens (tertiary/aromatic N) is 6. The van der Waals surface area contributed by atoms with Crippen molar-refractivity contribution in [1.29, 1.82) is 0 Å². The second-order valence-corrected chi connectivity index (χ2v) is 9.29. The fourth-order valence-corrected chi connectivity index (χ4v) is 5.19. The summed E-state index contributed by atoms with van der Waals surface area (Å²) < 4.78 is 56.8. The van der Waals surface area contributed by atoms with Crippen LogP contribution in [0, 0.1) is 12.9 Å². The number of pyridine rings is 1. The van der Waals surface area contributed by atoms with Crippen molar-refractivity contribution in [3.63, 3.8) is 0 Å². The number of aromatic nitrogens is 3. The van der Waals surface area contributed by atoms with Gasteiger partial charge in [-0.3, -0.25) is 9.58 Å². The van der Waals surface area contributed by atoms with Gasteiger partial charge in [0.05, 0.1) is 24.3 Å². The number of rotatable bonds is 4. The van der Waals surface area contributed by atoms with E-state index in [1.165, 1.54) is 29.3 Å². The number of piperidine rings is 1. The SMILES string of the molecule is Cc1ccnc(F)c1N1CCC(N2Cc3cn(C)nc3N(Cc3ccccc3C(F)(F)F)C2=O)CC1. The summed E-state index contributed by atoms with van der Waals surface area (Å²) in [6.07, 6.45) is -0.107. The molecule has 0 radical (unpaired) electrons. The summed E-state index contributed by atoms with van der Waals surface area (Å²) in [4.78, 5) is 22.4. The number of benzene rings is 1. The van der Waals surface area contributed by atoms with Gasteiger partial charge in [-0.15, -0.1) is 0 Å². The van der Waals surface area contributed by atoms with Crippen LogP contribution < -0.4 is 9.80 Å². The van der Waals surface area contributed by atoms with Crippen LogP contribution in [0.5, 0.6) is 0 Å². The molecule has 0 saturated carbocycles. The smallest absolute Gasteiger partial charge is 0.367 e. The van der Waals surface area contributed by atoms with E-state index in [9.17, 15) is 22.4 Å². The molecule has 1 saturated heterocycles. The number of anilines is 2. The minimum absolute atomic E-state index is 0.00847. The van der Waals surface area contributed by atoms with Gasteiger partial charge >= 0.3 is 12.2 Å². The average Bonchev–Trinajstić information content (AvgIpc) is 3.21. The van der Waals surface area contributed by atoms with E-state index < -0.39 is 17.7 Å². The van der Waals surface area contributed by atoms with Gasteiger partial charge in [0.15, 0.2) is 5.82 Å². The summed E-state index contributed by atoms with van der Waals surface area (Å²) in [7, 11) is 1.72. The number of halogens is 4. The number of alkyl halides is 3. The fraction of sp³-hybridized carbons (Fsp3) is 0.400. The molecule has 4 heterocycles. The lowest BCUT2D eigenvalue weighted by Gasteiger charge is -2.43. The van der Waals surface area contributed by atoms with E-state index in [2.05, 4.69) is 10.1 Å². The number of hydrogen-bond acceptors (Lipinski definition) is 4. The Labute approximate surface area is 205 Å². The van der Waals surface area contributed by atoms with Crippen LogP contribution in [0.15, 0.2) is 42.7 Å². The first-order valence-electron chi connectivity index (χ1n) is 11.8. The molecule has 0 unspecified atom stereocenters. The highest BCUT2D eigenvalue weighted by atomic mass is 19.4. The zero-order valence-electron chi connectivity index (χ0n) is 20.0. The Morgan fingerprint density at radius 1 is 1.11 bits per heavy atom. The Morgan fingerprint density at radius 2 is 1.83 bits per heavy atom. The third-order valence-electron chi connectivity index (χ3n) is 6.91. The molecule has 0 spiro atoms. The summed E-state index contributed by atoms with van der Waals surface area (Å²) in [6, 6.07) is 6.54. The predicted molar refractivity (Wildman–Crippen MR) is 126 cm³/mol. The van der Waals surface area contributed by atoms with Crippen LogP contribution in [0.2, 0.25) is 0 Å². The number of aryl methyl sites for hydroxylation is 2. The molecular weight excluding hydrogens is 476 g/mol. The van der Waals surface area contributed by atoms with Gasteiger partial charge in [0, 0.05) is 44.1 Å². The first-order valence-corrected chi connectivity index (χ1v) is 11.8. The van der Waals surface area contributed by atoms with Crippen LogP contribution in [0.4, 0.5) is 33.9 Å². The molecule has 0 bridgehead atoms. The molecule has 0 atom stereocenters. The molecule has 11 heteroatoms. The molecule has 36 heavy (non-hydrogen) atoms. The number of carbonyl (C=O) groups is 1. The van der Waals surface area contributed by atoms with Gasteiger partial charge in [-0.1, -0.05) is 18.2 Å². The van der Waals surface area contributed by atoms with Gasteiger partial charge in [0.2, 0.25) is 5.95 Å². The van der Waals surface area contributed by atoms with Gasteiger partial charge < -0.3 is 9.80 Å². The van der Waals surface area contributed by atoms with E-state index >= 15 is 0 Å². The summed E-state index contributed by atoms with van der Waals surface area (Å²) in [5.74, 6) is -0.141. The van der Waals surface area contributed by atoms with E-state index in [4.69, 9.17) is 0 Å². The monoisotopic (exact) mass is 502 g/mol. The number of fused-ring (bicyclic) bond motifs is 1. The molecule has 2 amide bonds. The lowest BCUT2D eigenvalue weighted by Crippen LogP contribution is -2.54. The average molecular weight is 503 g/mol. The lowest BCUT2D eigenvalue weighted by molar-refractivity contribution is -0.138. The molecule has 3 aromatic rings. The quantitative estimate of drug-likeness (QED) is 0.377. The molecule has 7 nitrogen and oxygen atoms in total. The van der Waals surface area contributed by atoms with Crippen LogP contribution in [-0.2, 0) is 26.3 Å². The Bertz CT molecular complexity index is 1260. The third-order valence-corrected chi connectivity index (χ3v) is 6.91. The Hall–Kier alpha value is -3.63. The van der Waals surface area contributed by atoms with Crippen LogP contribution in [0.25, 0.3) is 0 Å². The van der Waals surface area contributed by atoms with Crippen molar-refractivity contribution in [2.45, 2.75) is 45.1 Å². The maximum absolute atomic E-state index is 14.4. The van der Waals surface area contributed by atoms with E-state index in [0.717, 1.165) is 17.2 Å². The zero-order chi connectivity index (χ0) is 25.6. The van der Waals surface area contributed by atoms with Crippen LogP contribution in [-0.4, -0.2) is 44.8 Å². The highest BCUT2D eigenvalue weighted by Gasteiger charge is 2.40. The maximum Gasteiger partial charge on any atom is 0.416 e. The summed E-state index contributed by atoms with van der Waals surface area (Å²) in [6.45, 7) is 2.99. The van der Waals surface area contributed by atoms with Crippen molar-refractivity contribution < 1.29 is 22.4 Å². The van der Waals surface area contributed by atoms with E-state index in [-0.39, 0.29) is 24.2 Å². The Morgan fingerprint density at radius 3 is 2.53 bits per heavy atom. The van der Waals surface area contributed by atoms with Crippen LogP contribution in [0.3, 0.4) is 0 Å². The second-order valence-electron chi connectivity index (χ2n) is 9.29. The molecule has 2 aliphatic rings. The number of amides is 2. The first kappa shape index (κ1) is 24.1. The standard InChI is InChI=1S/C25H26F4N6O/c1-16-7-10-30-22(26)21(16)33-11-8-19(9-12-33)34-15-18-13-32(2)31-23(18)35(24(34)36)14-17-5-3-4-6-20(17)25(27,28)29/h3-7,10,13,19H,8-9,11-12,14-15H2,1-2H3. The van der Waals surface area contributed by atoms with Gasteiger partial charge in [0.1, 0.15) is 0 Å². The van der Waals surface area contributed by atoms with Gasteiger partial charge in [-0.2, -0.15) is 22.7 Å². The molecule has 0 N–H and O–H groups in total. The molecule has 5 rings (SSSR count). The molecule has 0 aliphatic carbocycles. The van der Waals surface area contributed by atoms with Crippen molar-refractivity contribution in [1.82, 2.24) is 19.7 Å². The summed E-state index contributed by atoms with van der Waals surface area (Å²) in [5.41, 5.74) is 1.28.